The predicted octanol–water partition coefficient (Wildman–Crippen LogP) is 1.05. The van der Waals surface area contributed by atoms with Crippen molar-refractivity contribution in [3.63, 3.8) is 0 Å². The monoisotopic (exact) mass is 208 g/mol. The fourth-order valence-electron chi connectivity index (χ4n) is 1.02. The summed E-state index contributed by atoms with van der Waals surface area (Å²) in [5.74, 6) is -0.902. The first kappa shape index (κ1) is 11.2. The molecule has 0 amide bonds. The zero-order chi connectivity index (χ0) is 11.1. The van der Waals surface area contributed by atoms with E-state index in [9.17, 15) is 4.79 Å². The third-order valence-corrected chi connectivity index (χ3v) is 1.63. The highest BCUT2D eigenvalue weighted by Gasteiger charge is 2.02. The topological polar surface area (TPSA) is 71.5 Å². The molecule has 0 saturated carbocycles. The van der Waals surface area contributed by atoms with Gasteiger partial charge < -0.3 is 5.11 Å². The molecule has 0 fully saturated rings. The zero-order valence-corrected chi connectivity index (χ0v) is 8.30. The second-order valence-electron chi connectivity index (χ2n) is 2.74. The van der Waals surface area contributed by atoms with Crippen LogP contribution in [0, 0.1) is 0 Å². The van der Waals surface area contributed by atoms with Gasteiger partial charge in [0.15, 0.2) is 0 Å². The summed E-state index contributed by atoms with van der Waals surface area (Å²) < 4.78 is 0. The molecule has 1 rings (SSSR count). The van der Waals surface area contributed by atoms with Gasteiger partial charge in [-0.05, 0) is 18.2 Å². The highest BCUT2D eigenvalue weighted by atomic mass is 16.6. The third-order valence-electron chi connectivity index (χ3n) is 1.63. The first-order valence-corrected chi connectivity index (χ1v) is 4.36. The molecule has 0 spiro atoms. The van der Waals surface area contributed by atoms with Crippen molar-refractivity contribution in [3.8, 4) is 0 Å². The molecule has 0 atom stereocenters. The van der Waals surface area contributed by atoms with Crippen molar-refractivity contribution in [3.05, 3.63) is 36.2 Å². The minimum atomic E-state index is -0.902. The van der Waals surface area contributed by atoms with Crippen molar-refractivity contribution in [2.24, 2.45) is 0 Å². The van der Waals surface area contributed by atoms with Crippen LogP contribution in [0.1, 0.15) is 12.1 Å². The number of aliphatic carboxylic acids is 1. The van der Waals surface area contributed by atoms with Crippen molar-refractivity contribution in [2.45, 2.75) is 6.42 Å². The second kappa shape index (κ2) is 5.77. The molecule has 5 nitrogen and oxygen atoms in total. The summed E-state index contributed by atoms with van der Waals surface area (Å²) in [6, 6.07) is 5.36. The number of nitrogens with one attached hydrogen (secondary N) is 1. The van der Waals surface area contributed by atoms with Crippen molar-refractivity contribution in [1.29, 1.82) is 0 Å². The van der Waals surface area contributed by atoms with Crippen molar-refractivity contribution in [1.82, 2.24) is 10.5 Å². The van der Waals surface area contributed by atoms with Crippen LogP contribution >= 0.6 is 0 Å². The Bertz CT molecular complexity index is 349. The van der Waals surface area contributed by atoms with Crippen molar-refractivity contribution < 1.29 is 14.7 Å². The lowest BCUT2D eigenvalue weighted by molar-refractivity contribution is -0.136. The summed E-state index contributed by atoms with van der Waals surface area (Å²) in [5, 5.41) is 8.54. The van der Waals surface area contributed by atoms with Crippen LogP contribution in [0.3, 0.4) is 0 Å². The van der Waals surface area contributed by atoms with Crippen LogP contribution in [-0.2, 0) is 9.63 Å². The lowest BCUT2D eigenvalue weighted by Gasteiger charge is -2.07. The number of aromatic nitrogens is 1. The Morgan fingerprint density at radius 2 is 2.47 bits per heavy atom. The van der Waals surface area contributed by atoms with Gasteiger partial charge in [0.05, 0.1) is 24.9 Å². The molecule has 1 aromatic rings. The Morgan fingerprint density at radius 1 is 1.67 bits per heavy atom. The Kier molecular flexibility index (Phi) is 4.30. The summed E-state index contributed by atoms with van der Waals surface area (Å²) in [5.41, 5.74) is 3.77. The van der Waals surface area contributed by atoms with E-state index < -0.39 is 5.97 Å². The maximum Gasteiger partial charge on any atom is 0.307 e. The molecular weight excluding hydrogens is 196 g/mol. The van der Waals surface area contributed by atoms with Gasteiger partial charge in [0, 0.05) is 6.20 Å². The summed E-state index contributed by atoms with van der Waals surface area (Å²) in [6.45, 7) is 0. The van der Waals surface area contributed by atoms with E-state index in [0.717, 1.165) is 0 Å². The van der Waals surface area contributed by atoms with E-state index >= 15 is 0 Å². The molecule has 1 heterocycles. The van der Waals surface area contributed by atoms with E-state index in [2.05, 4.69) is 10.5 Å². The average molecular weight is 208 g/mol. The summed E-state index contributed by atoms with van der Waals surface area (Å²) in [4.78, 5) is 19.2. The molecule has 1 aromatic heterocycles. The number of hydroxylamine groups is 1. The Balaban J connectivity index is 2.83. The first-order chi connectivity index (χ1) is 7.24. The molecule has 0 aliphatic carbocycles. The smallest absolute Gasteiger partial charge is 0.307 e. The molecule has 80 valence electrons. The van der Waals surface area contributed by atoms with Crippen molar-refractivity contribution in [2.75, 3.05) is 7.11 Å². The van der Waals surface area contributed by atoms with Gasteiger partial charge in [-0.2, -0.15) is 0 Å². The quantitative estimate of drug-likeness (QED) is 0.707. The number of pyridine rings is 1. The van der Waals surface area contributed by atoms with Crippen LogP contribution in [0.5, 0.6) is 0 Å². The largest absolute Gasteiger partial charge is 0.481 e. The Labute approximate surface area is 87.4 Å². The molecule has 0 saturated heterocycles. The highest BCUT2D eigenvalue weighted by molar-refractivity contribution is 5.72. The van der Waals surface area contributed by atoms with Crippen LogP contribution in [0.4, 0.5) is 0 Å². The van der Waals surface area contributed by atoms with Gasteiger partial charge >= 0.3 is 5.97 Å². The average Bonchev–Trinajstić information content (AvgIpc) is 2.25. The molecular formula is C10H12N2O3. The number of hydrogen-bond donors (Lipinski definition) is 2. The fraction of sp³-hybridized carbons (Fsp3) is 0.200. The molecule has 5 heteroatoms. The van der Waals surface area contributed by atoms with Gasteiger partial charge in [-0.3, -0.25) is 20.1 Å². The van der Waals surface area contributed by atoms with Crippen LogP contribution in [-0.4, -0.2) is 23.2 Å². The molecule has 0 aliphatic rings. The van der Waals surface area contributed by atoms with Gasteiger partial charge in [-0.1, -0.05) is 6.07 Å². The SMILES string of the molecule is CONC(=CCC(=O)O)c1ccccn1. The third kappa shape index (κ3) is 3.78. The second-order valence-corrected chi connectivity index (χ2v) is 2.74. The minimum Gasteiger partial charge on any atom is -0.481 e. The Hall–Kier alpha value is -1.88. The van der Waals surface area contributed by atoms with Crippen LogP contribution in [0.2, 0.25) is 0 Å². The number of carbonyl (C=O) groups is 1. The van der Waals surface area contributed by atoms with Crippen molar-refractivity contribution >= 4 is 11.7 Å². The number of carboxylic acid groups (broad SMARTS) is 1. The van der Waals surface area contributed by atoms with E-state index in [4.69, 9.17) is 9.94 Å². The molecule has 0 unspecified atom stereocenters. The highest BCUT2D eigenvalue weighted by Crippen LogP contribution is 2.08. The lowest BCUT2D eigenvalue weighted by Crippen LogP contribution is -2.11. The molecule has 0 aliphatic heterocycles. The summed E-state index contributed by atoms with van der Waals surface area (Å²) in [6.07, 6.45) is 3.05. The fourth-order valence-corrected chi connectivity index (χ4v) is 1.02. The van der Waals surface area contributed by atoms with Crippen LogP contribution in [0.25, 0.3) is 5.70 Å². The van der Waals surface area contributed by atoms with E-state index in [0.29, 0.717) is 11.4 Å². The maximum atomic E-state index is 10.4. The molecule has 0 bridgehead atoms. The lowest BCUT2D eigenvalue weighted by atomic mass is 10.2. The molecule has 0 aromatic carbocycles. The number of nitrogens with zero attached hydrogens (tertiary/aromatic N) is 1. The number of rotatable bonds is 5. The van der Waals surface area contributed by atoms with E-state index in [-0.39, 0.29) is 6.42 Å². The van der Waals surface area contributed by atoms with Crippen LogP contribution in [0.15, 0.2) is 30.5 Å². The molecule has 0 radical (unpaired) electrons. The van der Waals surface area contributed by atoms with Gasteiger partial charge in [0.2, 0.25) is 0 Å². The van der Waals surface area contributed by atoms with Gasteiger partial charge in [-0.25, -0.2) is 0 Å². The maximum absolute atomic E-state index is 10.4. The van der Waals surface area contributed by atoms with E-state index in [1.54, 1.807) is 18.3 Å². The number of hydrogen-bond acceptors (Lipinski definition) is 4. The summed E-state index contributed by atoms with van der Waals surface area (Å²) in [7, 11) is 1.46. The van der Waals surface area contributed by atoms with Gasteiger partial charge in [0.1, 0.15) is 0 Å². The summed E-state index contributed by atoms with van der Waals surface area (Å²) >= 11 is 0. The minimum absolute atomic E-state index is 0.0811. The predicted molar refractivity (Wildman–Crippen MR) is 54.6 cm³/mol. The Morgan fingerprint density at radius 3 is 3.00 bits per heavy atom. The standard InChI is InChI=1S/C10H12N2O3/c1-15-12-9(5-6-10(13)14)8-4-2-3-7-11-8/h2-5,7,12H,6H2,1H3,(H,13,14). The number of carboxylic acids is 1. The van der Waals surface area contributed by atoms with Gasteiger partial charge in [0.25, 0.3) is 0 Å². The van der Waals surface area contributed by atoms with E-state index in [1.165, 1.54) is 13.2 Å². The normalized spacial score (nSPS) is 11.1. The molecule has 2 N–H and O–H groups in total. The molecule has 15 heavy (non-hydrogen) atoms. The van der Waals surface area contributed by atoms with Crippen LogP contribution < -0.4 is 5.48 Å². The van der Waals surface area contributed by atoms with E-state index in [1.807, 2.05) is 6.07 Å². The van der Waals surface area contributed by atoms with Gasteiger partial charge in [-0.15, -0.1) is 0 Å². The first-order valence-electron chi connectivity index (χ1n) is 4.36. The zero-order valence-electron chi connectivity index (χ0n) is 8.30.